The predicted octanol–water partition coefficient (Wildman–Crippen LogP) is 4.08. The molecule has 1 aromatic carbocycles. The molecule has 0 spiro atoms. The minimum absolute atomic E-state index is 0.357. The van der Waals surface area contributed by atoms with Crippen LogP contribution in [-0.2, 0) is 12.0 Å². The van der Waals surface area contributed by atoms with Gasteiger partial charge < -0.3 is 10.2 Å². The van der Waals surface area contributed by atoms with Gasteiger partial charge in [0.15, 0.2) is 0 Å². The van der Waals surface area contributed by atoms with E-state index in [0.717, 1.165) is 19.6 Å². The van der Waals surface area contributed by atoms with Crippen LogP contribution in [0.5, 0.6) is 0 Å². The van der Waals surface area contributed by atoms with Gasteiger partial charge in [-0.3, -0.25) is 0 Å². The third kappa shape index (κ3) is 2.58. The molecule has 0 atom stereocenters. The smallest absolute Gasteiger partial charge is 0.0408 e. The van der Waals surface area contributed by atoms with E-state index in [4.69, 9.17) is 0 Å². The highest BCUT2D eigenvalue weighted by Gasteiger charge is 2.40. The van der Waals surface area contributed by atoms with Gasteiger partial charge in [0.1, 0.15) is 0 Å². The first-order chi connectivity index (χ1) is 9.72. The van der Waals surface area contributed by atoms with E-state index in [0.29, 0.717) is 5.41 Å². The Bertz CT molecular complexity index is 435. The Morgan fingerprint density at radius 2 is 1.90 bits per heavy atom. The van der Waals surface area contributed by atoms with Gasteiger partial charge in [-0.1, -0.05) is 32.9 Å². The van der Waals surface area contributed by atoms with Gasteiger partial charge in [-0.2, -0.15) is 0 Å². The number of hydrogen-bond acceptors (Lipinski definition) is 2. The molecule has 0 aliphatic carbocycles. The Morgan fingerprint density at radius 3 is 2.50 bits per heavy atom. The van der Waals surface area contributed by atoms with Crippen LogP contribution >= 0.6 is 0 Å². The number of rotatable bonds is 7. The molecule has 2 heteroatoms. The summed E-state index contributed by atoms with van der Waals surface area (Å²) in [4.78, 5) is 2.56. The molecule has 0 amide bonds. The second-order valence-corrected chi connectivity index (χ2v) is 5.99. The fraction of sp³-hybridized carbons (Fsp3) is 0.667. The van der Waals surface area contributed by atoms with Crippen LogP contribution < -0.4 is 10.2 Å². The standard InChI is InChI=1S/C18H30N2/c1-5-12-19-13-15-10-9-11-16-17(15)18(6-2,7-3)14-20(16)8-4/h9-11,19H,5-8,12-14H2,1-4H3. The third-order valence-electron chi connectivity index (χ3n) is 4.97. The molecule has 0 saturated carbocycles. The van der Waals surface area contributed by atoms with E-state index >= 15 is 0 Å². The quantitative estimate of drug-likeness (QED) is 0.754. The number of anilines is 1. The average Bonchev–Trinajstić information content (AvgIpc) is 2.83. The zero-order valence-corrected chi connectivity index (χ0v) is 13.6. The molecule has 0 bridgehead atoms. The van der Waals surface area contributed by atoms with Crippen LogP contribution in [0.25, 0.3) is 0 Å². The first-order valence-electron chi connectivity index (χ1n) is 8.30. The summed E-state index contributed by atoms with van der Waals surface area (Å²) in [6, 6.07) is 6.86. The number of nitrogens with one attached hydrogen (secondary N) is 1. The second kappa shape index (κ2) is 6.62. The van der Waals surface area contributed by atoms with Gasteiger partial charge in [0, 0.05) is 30.7 Å². The van der Waals surface area contributed by atoms with Crippen LogP contribution in [0.3, 0.4) is 0 Å². The van der Waals surface area contributed by atoms with E-state index in [1.165, 1.54) is 37.1 Å². The number of fused-ring (bicyclic) bond motifs is 1. The summed E-state index contributed by atoms with van der Waals surface area (Å²) in [5.74, 6) is 0. The van der Waals surface area contributed by atoms with Gasteiger partial charge in [-0.05, 0) is 49.9 Å². The summed E-state index contributed by atoms with van der Waals surface area (Å²) in [6.07, 6.45) is 3.67. The summed E-state index contributed by atoms with van der Waals surface area (Å²) in [5, 5.41) is 3.58. The van der Waals surface area contributed by atoms with Crippen LogP contribution in [0.4, 0.5) is 5.69 Å². The summed E-state index contributed by atoms with van der Waals surface area (Å²) in [5.41, 5.74) is 4.97. The molecule has 2 rings (SSSR count). The monoisotopic (exact) mass is 274 g/mol. The fourth-order valence-electron chi connectivity index (χ4n) is 3.65. The molecule has 20 heavy (non-hydrogen) atoms. The van der Waals surface area contributed by atoms with Crippen molar-refractivity contribution in [2.75, 3.05) is 24.5 Å². The Kier molecular flexibility index (Phi) is 5.09. The lowest BCUT2D eigenvalue weighted by molar-refractivity contribution is 0.417. The lowest BCUT2D eigenvalue weighted by Crippen LogP contribution is -2.33. The van der Waals surface area contributed by atoms with Crippen molar-refractivity contribution >= 4 is 5.69 Å². The normalized spacial score (nSPS) is 16.5. The molecule has 1 aliphatic rings. The molecule has 112 valence electrons. The van der Waals surface area contributed by atoms with Crippen LogP contribution in [0.2, 0.25) is 0 Å². The number of likely N-dealkylation sites (N-methyl/N-ethyl adjacent to an activating group) is 1. The average molecular weight is 274 g/mol. The largest absolute Gasteiger partial charge is 0.371 e. The van der Waals surface area contributed by atoms with Gasteiger partial charge in [0.2, 0.25) is 0 Å². The number of nitrogens with zero attached hydrogens (tertiary/aromatic N) is 1. The topological polar surface area (TPSA) is 15.3 Å². The fourth-order valence-corrected chi connectivity index (χ4v) is 3.65. The Balaban J connectivity index is 2.40. The van der Waals surface area contributed by atoms with Crippen molar-refractivity contribution in [1.29, 1.82) is 0 Å². The number of benzene rings is 1. The zero-order chi connectivity index (χ0) is 14.6. The van der Waals surface area contributed by atoms with E-state index < -0.39 is 0 Å². The lowest BCUT2D eigenvalue weighted by Gasteiger charge is -2.29. The van der Waals surface area contributed by atoms with Gasteiger partial charge in [-0.25, -0.2) is 0 Å². The maximum Gasteiger partial charge on any atom is 0.0408 e. The number of hydrogen-bond donors (Lipinski definition) is 1. The maximum atomic E-state index is 3.58. The van der Waals surface area contributed by atoms with Crippen molar-refractivity contribution in [2.24, 2.45) is 0 Å². The molecule has 1 N–H and O–H groups in total. The van der Waals surface area contributed by atoms with E-state index in [1.807, 2.05) is 0 Å². The van der Waals surface area contributed by atoms with Crippen LogP contribution in [0.1, 0.15) is 58.1 Å². The minimum Gasteiger partial charge on any atom is -0.371 e. The SMILES string of the molecule is CCCNCc1cccc2c1C(CC)(CC)CN2CC. The molecule has 0 unspecified atom stereocenters. The molecule has 0 aromatic heterocycles. The lowest BCUT2D eigenvalue weighted by atomic mass is 9.75. The molecular formula is C18H30N2. The first-order valence-corrected chi connectivity index (χ1v) is 8.30. The highest BCUT2D eigenvalue weighted by Crippen LogP contribution is 2.46. The predicted molar refractivity (Wildman–Crippen MR) is 88.6 cm³/mol. The summed E-state index contributed by atoms with van der Waals surface area (Å²) >= 11 is 0. The van der Waals surface area contributed by atoms with Gasteiger partial charge in [0.05, 0.1) is 0 Å². The summed E-state index contributed by atoms with van der Waals surface area (Å²) in [6.45, 7) is 13.6. The van der Waals surface area contributed by atoms with E-state index in [-0.39, 0.29) is 0 Å². The Labute approximate surface area is 124 Å². The molecule has 0 saturated heterocycles. The maximum absolute atomic E-state index is 3.58. The summed E-state index contributed by atoms with van der Waals surface area (Å²) < 4.78 is 0. The molecule has 1 aromatic rings. The zero-order valence-electron chi connectivity index (χ0n) is 13.6. The minimum atomic E-state index is 0.357. The highest BCUT2D eigenvalue weighted by atomic mass is 15.2. The van der Waals surface area contributed by atoms with Crippen molar-refractivity contribution in [1.82, 2.24) is 5.32 Å². The molecule has 1 heterocycles. The van der Waals surface area contributed by atoms with Gasteiger partial charge >= 0.3 is 0 Å². The van der Waals surface area contributed by atoms with E-state index in [1.54, 1.807) is 5.56 Å². The highest BCUT2D eigenvalue weighted by molar-refractivity contribution is 5.65. The Morgan fingerprint density at radius 1 is 1.15 bits per heavy atom. The molecule has 0 fully saturated rings. The molecule has 0 radical (unpaired) electrons. The molecular weight excluding hydrogens is 244 g/mol. The van der Waals surface area contributed by atoms with Crippen molar-refractivity contribution in [3.8, 4) is 0 Å². The van der Waals surface area contributed by atoms with Crippen LogP contribution in [-0.4, -0.2) is 19.6 Å². The summed E-state index contributed by atoms with van der Waals surface area (Å²) in [7, 11) is 0. The third-order valence-corrected chi connectivity index (χ3v) is 4.97. The molecule has 2 nitrogen and oxygen atoms in total. The first kappa shape index (κ1) is 15.4. The van der Waals surface area contributed by atoms with Crippen molar-refractivity contribution in [2.45, 2.75) is 58.9 Å². The van der Waals surface area contributed by atoms with Crippen molar-refractivity contribution in [3.05, 3.63) is 29.3 Å². The van der Waals surface area contributed by atoms with Gasteiger partial charge in [0.25, 0.3) is 0 Å². The Hall–Kier alpha value is -1.02. The van der Waals surface area contributed by atoms with Crippen molar-refractivity contribution in [3.63, 3.8) is 0 Å². The van der Waals surface area contributed by atoms with E-state index in [9.17, 15) is 0 Å². The van der Waals surface area contributed by atoms with Crippen LogP contribution in [0.15, 0.2) is 18.2 Å². The van der Waals surface area contributed by atoms with E-state index in [2.05, 4.69) is 56.1 Å². The van der Waals surface area contributed by atoms with Crippen molar-refractivity contribution < 1.29 is 0 Å². The molecule has 1 aliphatic heterocycles. The second-order valence-electron chi connectivity index (χ2n) is 5.99. The van der Waals surface area contributed by atoms with Gasteiger partial charge in [-0.15, -0.1) is 0 Å². The van der Waals surface area contributed by atoms with Crippen LogP contribution in [0, 0.1) is 0 Å².